The van der Waals surface area contributed by atoms with Crippen LogP contribution in [0.3, 0.4) is 0 Å². The van der Waals surface area contributed by atoms with Crippen LogP contribution < -0.4 is 5.32 Å². The molecule has 1 heterocycles. The van der Waals surface area contributed by atoms with E-state index in [-0.39, 0.29) is 6.10 Å². The molecule has 4 heteroatoms. The maximum Gasteiger partial charge on any atom is 0.104 e. The van der Waals surface area contributed by atoms with Crippen LogP contribution in [0, 0.1) is 0 Å². The first-order valence-corrected chi connectivity index (χ1v) is 5.25. The smallest absolute Gasteiger partial charge is 0.104 e. The highest BCUT2D eigenvalue weighted by molar-refractivity contribution is 4.67. The second-order valence-electron chi connectivity index (χ2n) is 3.66. The Morgan fingerprint density at radius 3 is 2.86 bits per heavy atom. The molecule has 0 amide bonds. The van der Waals surface area contributed by atoms with Gasteiger partial charge >= 0.3 is 0 Å². The van der Waals surface area contributed by atoms with Gasteiger partial charge in [-0.05, 0) is 19.9 Å². The van der Waals surface area contributed by atoms with Gasteiger partial charge in [-0.15, -0.1) is 0 Å². The minimum Gasteiger partial charge on any atom is -0.385 e. The maximum absolute atomic E-state index is 5.67. The van der Waals surface area contributed by atoms with Gasteiger partial charge in [0.25, 0.3) is 0 Å². The first-order chi connectivity index (χ1) is 6.83. The molecule has 0 saturated carbocycles. The molecule has 0 radical (unpaired) electrons. The summed E-state index contributed by atoms with van der Waals surface area (Å²) in [5, 5.41) is 3.33. The molecule has 84 valence electrons. The van der Waals surface area contributed by atoms with Crippen LogP contribution in [0.15, 0.2) is 0 Å². The van der Waals surface area contributed by atoms with E-state index in [0.29, 0.717) is 6.10 Å². The minimum atomic E-state index is 0.270. The molecule has 1 atom stereocenters. The van der Waals surface area contributed by atoms with Crippen LogP contribution in [0.25, 0.3) is 0 Å². The maximum atomic E-state index is 5.67. The molecule has 1 unspecified atom stereocenters. The Bertz CT molecular complexity index is 139. The Kier molecular flexibility index (Phi) is 6.10. The molecule has 0 aliphatic carbocycles. The topological polar surface area (TPSA) is 39.7 Å². The van der Waals surface area contributed by atoms with E-state index in [2.05, 4.69) is 12.2 Å². The van der Waals surface area contributed by atoms with Gasteiger partial charge in [0, 0.05) is 20.3 Å². The van der Waals surface area contributed by atoms with Gasteiger partial charge in [0.2, 0.25) is 0 Å². The zero-order chi connectivity index (χ0) is 10.2. The van der Waals surface area contributed by atoms with E-state index in [4.69, 9.17) is 14.2 Å². The second kappa shape index (κ2) is 7.17. The quantitative estimate of drug-likeness (QED) is 0.580. The highest BCUT2D eigenvalue weighted by atomic mass is 16.6. The lowest BCUT2D eigenvalue weighted by molar-refractivity contribution is -0.149. The van der Waals surface area contributed by atoms with Gasteiger partial charge in [-0.25, -0.2) is 0 Å². The average molecular weight is 203 g/mol. The van der Waals surface area contributed by atoms with Crippen LogP contribution in [-0.2, 0) is 14.2 Å². The third-order valence-electron chi connectivity index (χ3n) is 2.17. The number of ether oxygens (including phenoxy) is 3. The van der Waals surface area contributed by atoms with Gasteiger partial charge in [-0.3, -0.25) is 0 Å². The first kappa shape index (κ1) is 11.9. The van der Waals surface area contributed by atoms with Crippen molar-refractivity contribution < 1.29 is 14.2 Å². The normalized spacial score (nSPS) is 19.3. The van der Waals surface area contributed by atoms with E-state index in [1.807, 2.05) is 0 Å². The second-order valence-corrected chi connectivity index (χ2v) is 3.66. The van der Waals surface area contributed by atoms with Crippen molar-refractivity contribution in [2.24, 2.45) is 0 Å². The van der Waals surface area contributed by atoms with Crippen molar-refractivity contribution in [3.8, 4) is 0 Å². The van der Waals surface area contributed by atoms with Crippen LogP contribution >= 0.6 is 0 Å². The Balaban J connectivity index is 1.84. The summed E-state index contributed by atoms with van der Waals surface area (Å²) in [7, 11) is 1.72. The van der Waals surface area contributed by atoms with Crippen LogP contribution in [-0.4, -0.2) is 52.2 Å². The summed E-state index contributed by atoms with van der Waals surface area (Å²) < 4.78 is 15.7. The predicted molar refractivity (Wildman–Crippen MR) is 54.5 cm³/mol. The van der Waals surface area contributed by atoms with Crippen LogP contribution in [0.5, 0.6) is 0 Å². The SMILES string of the molecule is COCCCNCC(C)OC1COC1. The Morgan fingerprint density at radius 1 is 1.50 bits per heavy atom. The van der Waals surface area contributed by atoms with Crippen LogP contribution in [0.1, 0.15) is 13.3 Å². The Morgan fingerprint density at radius 2 is 2.29 bits per heavy atom. The third-order valence-corrected chi connectivity index (χ3v) is 2.17. The molecule has 14 heavy (non-hydrogen) atoms. The summed E-state index contributed by atoms with van der Waals surface area (Å²) in [6, 6.07) is 0. The molecule has 1 rings (SSSR count). The Labute approximate surface area is 85.9 Å². The van der Waals surface area contributed by atoms with Crippen molar-refractivity contribution in [2.45, 2.75) is 25.6 Å². The van der Waals surface area contributed by atoms with Crippen molar-refractivity contribution in [2.75, 3.05) is 40.0 Å². The fourth-order valence-corrected chi connectivity index (χ4v) is 1.32. The fourth-order valence-electron chi connectivity index (χ4n) is 1.32. The highest BCUT2D eigenvalue weighted by Crippen LogP contribution is 2.07. The Hall–Kier alpha value is -0.160. The number of nitrogens with one attached hydrogen (secondary N) is 1. The average Bonchev–Trinajstić information content (AvgIpc) is 2.11. The molecule has 1 fully saturated rings. The molecule has 0 aromatic rings. The lowest BCUT2D eigenvalue weighted by Crippen LogP contribution is -2.41. The van der Waals surface area contributed by atoms with Crippen molar-refractivity contribution in [1.82, 2.24) is 5.32 Å². The molecule has 0 bridgehead atoms. The number of hydrogen-bond donors (Lipinski definition) is 1. The van der Waals surface area contributed by atoms with E-state index < -0.39 is 0 Å². The van der Waals surface area contributed by atoms with Gasteiger partial charge in [-0.1, -0.05) is 0 Å². The molecule has 1 N–H and O–H groups in total. The predicted octanol–water partition coefficient (Wildman–Crippen LogP) is 0.416. The summed E-state index contributed by atoms with van der Waals surface area (Å²) in [5.74, 6) is 0. The van der Waals surface area contributed by atoms with Gasteiger partial charge in [0.1, 0.15) is 6.10 Å². The molecule has 1 aliphatic heterocycles. The summed E-state index contributed by atoms with van der Waals surface area (Å²) >= 11 is 0. The zero-order valence-corrected chi connectivity index (χ0v) is 9.12. The minimum absolute atomic E-state index is 0.270. The van der Waals surface area contributed by atoms with E-state index >= 15 is 0 Å². The molecule has 0 aromatic carbocycles. The van der Waals surface area contributed by atoms with Crippen LogP contribution in [0.4, 0.5) is 0 Å². The molecule has 1 aliphatic rings. The third kappa shape index (κ3) is 4.91. The van der Waals surface area contributed by atoms with E-state index in [0.717, 1.165) is 39.3 Å². The van der Waals surface area contributed by atoms with Gasteiger partial charge in [-0.2, -0.15) is 0 Å². The van der Waals surface area contributed by atoms with E-state index in [1.165, 1.54) is 0 Å². The molecular weight excluding hydrogens is 182 g/mol. The lowest BCUT2D eigenvalue weighted by Gasteiger charge is -2.29. The standard InChI is InChI=1S/C10H21NO3/c1-9(14-10-7-13-8-10)6-11-4-3-5-12-2/h9-11H,3-8H2,1-2H3. The monoisotopic (exact) mass is 203 g/mol. The summed E-state index contributed by atoms with van der Waals surface area (Å²) in [4.78, 5) is 0. The van der Waals surface area contributed by atoms with Gasteiger partial charge in [0.05, 0.1) is 19.3 Å². The van der Waals surface area contributed by atoms with E-state index in [1.54, 1.807) is 7.11 Å². The van der Waals surface area contributed by atoms with Gasteiger partial charge < -0.3 is 19.5 Å². The molecule has 0 aromatic heterocycles. The van der Waals surface area contributed by atoms with Crippen LogP contribution in [0.2, 0.25) is 0 Å². The molecule has 1 saturated heterocycles. The first-order valence-electron chi connectivity index (χ1n) is 5.25. The highest BCUT2D eigenvalue weighted by Gasteiger charge is 2.20. The summed E-state index contributed by atoms with van der Waals surface area (Å²) in [6.07, 6.45) is 1.65. The van der Waals surface area contributed by atoms with Crippen molar-refractivity contribution in [3.05, 3.63) is 0 Å². The lowest BCUT2D eigenvalue weighted by atomic mass is 10.3. The zero-order valence-electron chi connectivity index (χ0n) is 9.12. The number of rotatable bonds is 8. The van der Waals surface area contributed by atoms with Crippen molar-refractivity contribution in [1.29, 1.82) is 0 Å². The summed E-state index contributed by atoms with van der Waals surface area (Å²) in [5.41, 5.74) is 0. The fraction of sp³-hybridized carbons (Fsp3) is 1.00. The molecule has 4 nitrogen and oxygen atoms in total. The van der Waals surface area contributed by atoms with Crippen molar-refractivity contribution in [3.63, 3.8) is 0 Å². The number of methoxy groups -OCH3 is 1. The van der Waals surface area contributed by atoms with Gasteiger partial charge in [0.15, 0.2) is 0 Å². The molecule has 0 spiro atoms. The molecular formula is C10H21NO3. The summed E-state index contributed by atoms with van der Waals surface area (Å²) in [6.45, 7) is 6.31. The van der Waals surface area contributed by atoms with E-state index in [9.17, 15) is 0 Å². The largest absolute Gasteiger partial charge is 0.385 e. The van der Waals surface area contributed by atoms with Crippen molar-refractivity contribution >= 4 is 0 Å². The number of hydrogen-bond acceptors (Lipinski definition) is 4.